The van der Waals surface area contributed by atoms with Crippen LogP contribution in [0.15, 0.2) is 16.7 Å². The van der Waals surface area contributed by atoms with E-state index in [2.05, 4.69) is 4.90 Å². The van der Waals surface area contributed by atoms with Crippen LogP contribution in [-0.4, -0.2) is 31.2 Å². The van der Waals surface area contributed by atoms with Crippen molar-refractivity contribution in [1.29, 1.82) is 0 Å². The zero-order valence-electron chi connectivity index (χ0n) is 9.82. The maximum absolute atomic E-state index is 5.63. The Labute approximate surface area is 96.4 Å². The molecular weight excluding hydrogens is 204 g/mol. The van der Waals surface area contributed by atoms with Crippen molar-refractivity contribution in [2.75, 3.05) is 20.3 Å². The first kappa shape index (κ1) is 11.6. The molecule has 4 nitrogen and oxygen atoms in total. The normalized spacial score (nSPS) is 15.9. The first-order valence-electron chi connectivity index (χ1n) is 5.83. The van der Waals surface area contributed by atoms with Gasteiger partial charge in [-0.25, -0.2) is 0 Å². The molecule has 1 heterocycles. The van der Waals surface area contributed by atoms with Crippen molar-refractivity contribution in [3.05, 3.63) is 23.7 Å². The highest BCUT2D eigenvalue weighted by atomic mass is 16.5. The Kier molecular flexibility index (Phi) is 3.98. The van der Waals surface area contributed by atoms with Crippen LogP contribution in [0, 0.1) is 0 Å². The molecule has 1 aliphatic carbocycles. The molecule has 2 N–H and O–H groups in total. The average Bonchev–Trinajstić information content (AvgIpc) is 3.05. The Morgan fingerprint density at radius 1 is 1.56 bits per heavy atom. The molecule has 0 aromatic carbocycles. The molecule has 0 bridgehead atoms. The Hall–Kier alpha value is -0.840. The minimum Gasteiger partial charge on any atom is -0.468 e. The lowest BCUT2D eigenvalue weighted by molar-refractivity contribution is 0.139. The summed E-state index contributed by atoms with van der Waals surface area (Å²) in [6, 6.07) is 2.75. The van der Waals surface area contributed by atoms with Gasteiger partial charge in [0, 0.05) is 31.8 Å². The van der Waals surface area contributed by atoms with Crippen molar-refractivity contribution >= 4 is 0 Å². The highest BCUT2D eigenvalue weighted by molar-refractivity contribution is 5.17. The van der Waals surface area contributed by atoms with Gasteiger partial charge in [0.15, 0.2) is 0 Å². The third-order valence-electron chi connectivity index (χ3n) is 3.04. The van der Waals surface area contributed by atoms with E-state index in [1.807, 2.05) is 6.07 Å². The summed E-state index contributed by atoms with van der Waals surface area (Å²) < 4.78 is 10.5. The summed E-state index contributed by atoms with van der Waals surface area (Å²) >= 11 is 0. The molecule has 0 atom stereocenters. The van der Waals surface area contributed by atoms with Gasteiger partial charge in [-0.3, -0.25) is 4.90 Å². The Balaban J connectivity index is 1.94. The van der Waals surface area contributed by atoms with Crippen LogP contribution in [0.5, 0.6) is 0 Å². The molecule has 4 heteroatoms. The fraction of sp³-hybridized carbons (Fsp3) is 0.667. The number of rotatable bonds is 7. The van der Waals surface area contributed by atoms with Crippen LogP contribution in [-0.2, 0) is 17.8 Å². The van der Waals surface area contributed by atoms with Gasteiger partial charge in [0.1, 0.15) is 5.76 Å². The monoisotopic (exact) mass is 224 g/mol. The van der Waals surface area contributed by atoms with Gasteiger partial charge in [-0.15, -0.1) is 0 Å². The van der Waals surface area contributed by atoms with Gasteiger partial charge in [-0.2, -0.15) is 0 Å². The van der Waals surface area contributed by atoms with E-state index in [9.17, 15) is 0 Å². The Bertz CT molecular complexity index is 321. The van der Waals surface area contributed by atoms with Crippen molar-refractivity contribution in [3.8, 4) is 0 Å². The highest BCUT2D eigenvalue weighted by Crippen LogP contribution is 2.28. The number of nitrogens with zero attached hydrogens (tertiary/aromatic N) is 1. The first-order chi connectivity index (χ1) is 7.85. The first-order valence-corrected chi connectivity index (χ1v) is 5.83. The van der Waals surface area contributed by atoms with E-state index in [0.29, 0.717) is 6.54 Å². The van der Waals surface area contributed by atoms with Crippen LogP contribution >= 0.6 is 0 Å². The zero-order chi connectivity index (χ0) is 11.4. The molecule has 90 valence electrons. The second-order valence-corrected chi connectivity index (χ2v) is 4.27. The highest BCUT2D eigenvalue weighted by Gasteiger charge is 2.29. The van der Waals surface area contributed by atoms with Gasteiger partial charge in [0.25, 0.3) is 0 Å². The van der Waals surface area contributed by atoms with Crippen LogP contribution in [0.25, 0.3) is 0 Å². The van der Waals surface area contributed by atoms with E-state index in [0.717, 1.165) is 31.5 Å². The van der Waals surface area contributed by atoms with E-state index < -0.39 is 0 Å². The van der Waals surface area contributed by atoms with Crippen molar-refractivity contribution in [2.45, 2.75) is 32.0 Å². The molecule has 1 aromatic rings. The maximum atomic E-state index is 5.63. The summed E-state index contributed by atoms with van der Waals surface area (Å²) in [6.07, 6.45) is 4.33. The molecule has 1 fully saturated rings. The van der Waals surface area contributed by atoms with Crippen molar-refractivity contribution in [3.63, 3.8) is 0 Å². The van der Waals surface area contributed by atoms with Crippen molar-refractivity contribution in [1.82, 2.24) is 4.90 Å². The van der Waals surface area contributed by atoms with Crippen molar-refractivity contribution < 1.29 is 9.15 Å². The molecule has 0 radical (unpaired) electrons. The molecular formula is C12H20N2O2. The van der Waals surface area contributed by atoms with E-state index in [-0.39, 0.29) is 0 Å². The van der Waals surface area contributed by atoms with Crippen LogP contribution < -0.4 is 5.73 Å². The molecule has 0 spiro atoms. The molecule has 2 rings (SSSR count). The van der Waals surface area contributed by atoms with Gasteiger partial charge in [0.05, 0.1) is 19.4 Å². The molecule has 0 amide bonds. The molecule has 0 unspecified atom stereocenters. The summed E-state index contributed by atoms with van der Waals surface area (Å²) in [7, 11) is 1.74. The van der Waals surface area contributed by atoms with Crippen LogP contribution in [0.2, 0.25) is 0 Å². The van der Waals surface area contributed by atoms with Gasteiger partial charge in [0.2, 0.25) is 0 Å². The lowest BCUT2D eigenvalue weighted by Crippen LogP contribution is -2.29. The Morgan fingerprint density at radius 2 is 2.38 bits per heavy atom. The fourth-order valence-electron chi connectivity index (χ4n) is 1.94. The number of methoxy groups -OCH3 is 1. The molecule has 0 saturated heterocycles. The Morgan fingerprint density at radius 3 is 3.00 bits per heavy atom. The van der Waals surface area contributed by atoms with E-state index in [1.165, 1.54) is 18.4 Å². The summed E-state index contributed by atoms with van der Waals surface area (Å²) in [6.45, 7) is 3.17. The van der Waals surface area contributed by atoms with Gasteiger partial charge in [-0.1, -0.05) is 0 Å². The molecule has 1 saturated carbocycles. The topological polar surface area (TPSA) is 51.6 Å². The number of furan rings is 1. The molecule has 1 aromatic heterocycles. The van der Waals surface area contributed by atoms with E-state index in [1.54, 1.807) is 13.4 Å². The third-order valence-corrected chi connectivity index (χ3v) is 3.04. The summed E-state index contributed by atoms with van der Waals surface area (Å²) in [4.78, 5) is 2.45. The van der Waals surface area contributed by atoms with Gasteiger partial charge >= 0.3 is 0 Å². The van der Waals surface area contributed by atoms with Crippen LogP contribution in [0.4, 0.5) is 0 Å². The minimum atomic E-state index is 0.477. The summed E-state index contributed by atoms with van der Waals surface area (Å²) in [5.41, 5.74) is 6.84. The van der Waals surface area contributed by atoms with E-state index >= 15 is 0 Å². The second-order valence-electron chi connectivity index (χ2n) is 4.27. The SMILES string of the molecule is COCCN(Cc1ccoc1CN)C1CC1. The predicted octanol–water partition coefficient (Wildman–Crippen LogP) is 1.35. The summed E-state index contributed by atoms with van der Waals surface area (Å²) in [5.74, 6) is 0.906. The largest absolute Gasteiger partial charge is 0.468 e. The predicted molar refractivity (Wildman–Crippen MR) is 61.9 cm³/mol. The van der Waals surface area contributed by atoms with Crippen LogP contribution in [0.3, 0.4) is 0 Å². The summed E-state index contributed by atoms with van der Waals surface area (Å²) in [5, 5.41) is 0. The average molecular weight is 224 g/mol. The number of hydrogen-bond donors (Lipinski definition) is 1. The second kappa shape index (κ2) is 5.48. The van der Waals surface area contributed by atoms with Gasteiger partial charge < -0.3 is 14.9 Å². The molecule has 1 aliphatic rings. The number of ether oxygens (including phenoxy) is 1. The lowest BCUT2D eigenvalue weighted by atomic mass is 10.2. The smallest absolute Gasteiger partial charge is 0.121 e. The number of hydrogen-bond acceptors (Lipinski definition) is 4. The van der Waals surface area contributed by atoms with Crippen LogP contribution in [0.1, 0.15) is 24.2 Å². The quantitative estimate of drug-likeness (QED) is 0.759. The third kappa shape index (κ3) is 2.84. The lowest BCUT2D eigenvalue weighted by Gasteiger charge is -2.21. The fourth-order valence-corrected chi connectivity index (χ4v) is 1.94. The van der Waals surface area contributed by atoms with Crippen molar-refractivity contribution in [2.24, 2.45) is 5.73 Å². The number of nitrogens with two attached hydrogens (primary N) is 1. The molecule has 0 aliphatic heterocycles. The molecule has 16 heavy (non-hydrogen) atoms. The standard InChI is InChI=1S/C12H20N2O2/c1-15-7-5-14(11-2-3-11)9-10-4-6-16-12(10)8-13/h4,6,11H,2-3,5,7-9,13H2,1H3. The minimum absolute atomic E-state index is 0.477. The van der Waals surface area contributed by atoms with E-state index in [4.69, 9.17) is 14.9 Å². The zero-order valence-corrected chi connectivity index (χ0v) is 9.82. The maximum Gasteiger partial charge on any atom is 0.121 e. The van der Waals surface area contributed by atoms with Gasteiger partial charge in [-0.05, 0) is 18.9 Å².